The van der Waals surface area contributed by atoms with E-state index in [4.69, 9.17) is 0 Å². The molecule has 5 heteroatoms. The van der Waals surface area contributed by atoms with Gasteiger partial charge in [-0.2, -0.15) is 0 Å². The Morgan fingerprint density at radius 2 is 1.86 bits per heavy atom. The lowest BCUT2D eigenvalue weighted by Crippen LogP contribution is -2.46. The molecule has 0 radical (unpaired) electrons. The quantitative estimate of drug-likeness (QED) is 0.891. The zero-order valence-electron chi connectivity index (χ0n) is 12.6. The molecule has 0 aliphatic heterocycles. The third kappa shape index (κ3) is 4.55. The van der Waals surface area contributed by atoms with Gasteiger partial charge in [-0.3, -0.25) is 9.59 Å². The minimum absolute atomic E-state index is 0.0112. The Morgan fingerprint density at radius 3 is 2.43 bits per heavy atom. The largest absolute Gasteiger partial charge is 0.350 e. The first-order chi connectivity index (χ1) is 9.76. The van der Waals surface area contributed by atoms with Crippen molar-refractivity contribution in [2.75, 3.05) is 6.54 Å². The van der Waals surface area contributed by atoms with Gasteiger partial charge < -0.3 is 10.6 Å². The van der Waals surface area contributed by atoms with E-state index in [9.17, 15) is 14.0 Å². The summed E-state index contributed by atoms with van der Waals surface area (Å²) in [7, 11) is 0. The predicted octanol–water partition coefficient (Wildman–Crippen LogP) is 1.96. The topological polar surface area (TPSA) is 58.2 Å². The first kappa shape index (κ1) is 15.5. The van der Waals surface area contributed by atoms with Crippen LogP contribution in [0, 0.1) is 11.7 Å². The molecule has 2 amide bonds. The van der Waals surface area contributed by atoms with E-state index < -0.39 is 0 Å². The molecule has 21 heavy (non-hydrogen) atoms. The van der Waals surface area contributed by atoms with Gasteiger partial charge in [0.25, 0.3) is 0 Å². The van der Waals surface area contributed by atoms with Gasteiger partial charge in [0.05, 0.1) is 6.54 Å². The zero-order valence-corrected chi connectivity index (χ0v) is 12.6. The van der Waals surface area contributed by atoms with E-state index in [-0.39, 0.29) is 41.6 Å². The molecule has 1 aliphatic rings. The fourth-order valence-electron chi connectivity index (χ4n) is 2.32. The lowest BCUT2D eigenvalue weighted by Gasteiger charge is -2.20. The first-order valence-corrected chi connectivity index (χ1v) is 7.10. The fourth-order valence-corrected chi connectivity index (χ4v) is 2.32. The highest BCUT2D eigenvalue weighted by molar-refractivity contribution is 5.88. The monoisotopic (exact) mass is 292 g/mol. The van der Waals surface area contributed by atoms with Crippen molar-refractivity contribution in [1.29, 1.82) is 0 Å². The van der Waals surface area contributed by atoms with Crippen molar-refractivity contribution in [3.8, 4) is 0 Å². The van der Waals surface area contributed by atoms with Crippen molar-refractivity contribution in [2.45, 2.75) is 38.6 Å². The average Bonchev–Trinajstić information content (AvgIpc) is 3.15. The number of hydrogen-bond acceptors (Lipinski definition) is 2. The van der Waals surface area contributed by atoms with Crippen molar-refractivity contribution in [3.63, 3.8) is 0 Å². The van der Waals surface area contributed by atoms with Crippen molar-refractivity contribution in [1.82, 2.24) is 10.6 Å². The molecule has 2 unspecified atom stereocenters. The molecule has 0 bridgehead atoms. The smallest absolute Gasteiger partial charge is 0.239 e. The summed E-state index contributed by atoms with van der Waals surface area (Å²) in [6, 6.07) is 6.22. The van der Waals surface area contributed by atoms with Gasteiger partial charge in [-0.05, 0) is 50.8 Å². The maximum atomic E-state index is 12.8. The highest BCUT2D eigenvalue weighted by Gasteiger charge is 2.43. The van der Waals surface area contributed by atoms with E-state index in [0.29, 0.717) is 0 Å². The molecule has 2 N–H and O–H groups in total. The molecule has 1 fully saturated rings. The summed E-state index contributed by atoms with van der Waals surface area (Å²) in [5.74, 6) is -0.573. The number of benzene rings is 1. The molecule has 1 saturated carbocycles. The van der Waals surface area contributed by atoms with Crippen LogP contribution < -0.4 is 10.6 Å². The highest BCUT2D eigenvalue weighted by Crippen LogP contribution is 2.47. The van der Waals surface area contributed by atoms with Crippen LogP contribution in [-0.4, -0.2) is 23.9 Å². The zero-order chi connectivity index (χ0) is 15.6. The molecule has 1 aromatic carbocycles. The molecule has 0 spiro atoms. The van der Waals surface area contributed by atoms with E-state index >= 15 is 0 Å². The molecule has 1 aromatic rings. The Hall–Kier alpha value is -1.91. The van der Waals surface area contributed by atoms with Crippen LogP contribution in [0.2, 0.25) is 0 Å². The number of carbonyl (C=O) groups excluding carboxylic acids is 2. The number of carbonyl (C=O) groups is 2. The third-order valence-electron chi connectivity index (χ3n) is 3.36. The maximum absolute atomic E-state index is 12.8. The second kappa shape index (κ2) is 5.84. The summed E-state index contributed by atoms with van der Waals surface area (Å²) in [5.41, 5.74) is 0.661. The normalized spacial score (nSPS) is 20.8. The van der Waals surface area contributed by atoms with Gasteiger partial charge >= 0.3 is 0 Å². The number of hydrogen-bond donors (Lipinski definition) is 2. The van der Waals surface area contributed by atoms with Crippen molar-refractivity contribution in [3.05, 3.63) is 35.6 Å². The van der Waals surface area contributed by atoms with Gasteiger partial charge in [-0.1, -0.05) is 12.1 Å². The van der Waals surface area contributed by atoms with Gasteiger partial charge in [0.15, 0.2) is 0 Å². The number of amides is 2. The van der Waals surface area contributed by atoms with E-state index in [1.165, 1.54) is 12.1 Å². The SMILES string of the molecule is CC(C)(C)NC(=O)CNC(=O)C1CC1c1ccc(F)cc1. The average molecular weight is 292 g/mol. The lowest BCUT2D eigenvalue weighted by molar-refractivity contribution is -0.127. The van der Waals surface area contributed by atoms with Gasteiger partial charge in [0, 0.05) is 11.5 Å². The van der Waals surface area contributed by atoms with Crippen molar-refractivity contribution >= 4 is 11.8 Å². The summed E-state index contributed by atoms with van der Waals surface area (Å²) in [6.07, 6.45) is 0.748. The Bertz CT molecular complexity index is 534. The number of halogens is 1. The highest BCUT2D eigenvalue weighted by atomic mass is 19.1. The molecule has 1 aliphatic carbocycles. The minimum atomic E-state index is -0.308. The van der Waals surface area contributed by atoms with Crippen LogP contribution in [0.1, 0.15) is 38.7 Å². The van der Waals surface area contributed by atoms with Crippen LogP contribution in [0.15, 0.2) is 24.3 Å². The maximum Gasteiger partial charge on any atom is 0.239 e. The van der Waals surface area contributed by atoms with Crippen molar-refractivity contribution < 1.29 is 14.0 Å². The third-order valence-corrected chi connectivity index (χ3v) is 3.36. The minimum Gasteiger partial charge on any atom is -0.350 e. The Labute approximate surface area is 124 Å². The summed E-state index contributed by atoms with van der Waals surface area (Å²) in [4.78, 5) is 23.6. The predicted molar refractivity (Wildman–Crippen MR) is 78.2 cm³/mol. The van der Waals surface area contributed by atoms with Gasteiger partial charge in [-0.15, -0.1) is 0 Å². The summed E-state index contributed by atoms with van der Waals surface area (Å²) in [6.45, 7) is 5.65. The molecule has 2 rings (SSSR count). The van der Waals surface area contributed by atoms with Crippen LogP contribution in [0.25, 0.3) is 0 Å². The van der Waals surface area contributed by atoms with Gasteiger partial charge in [-0.25, -0.2) is 4.39 Å². The Balaban J connectivity index is 1.78. The number of rotatable bonds is 4. The van der Waals surface area contributed by atoms with E-state index in [1.807, 2.05) is 20.8 Å². The fraction of sp³-hybridized carbons (Fsp3) is 0.500. The first-order valence-electron chi connectivity index (χ1n) is 7.10. The van der Waals surface area contributed by atoms with Crippen LogP contribution >= 0.6 is 0 Å². The molecule has 2 atom stereocenters. The number of nitrogens with one attached hydrogen (secondary N) is 2. The van der Waals surface area contributed by atoms with Crippen LogP contribution in [0.3, 0.4) is 0 Å². The summed E-state index contributed by atoms with van der Waals surface area (Å²) >= 11 is 0. The second-order valence-corrected chi connectivity index (χ2v) is 6.52. The molecule has 4 nitrogen and oxygen atoms in total. The molecule has 0 aromatic heterocycles. The summed E-state index contributed by atoms with van der Waals surface area (Å²) in [5, 5.41) is 5.44. The second-order valence-electron chi connectivity index (χ2n) is 6.52. The van der Waals surface area contributed by atoms with Gasteiger partial charge in [0.1, 0.15) is 5.82 Å². The lowest BCUT2D eigenvalue weighted by atomic mass is 10.1. The molecule has 0 saturated heterocycles. The summed E-state index contributed by atoms with van der Waals surface area (Å²) < 4.78 is 12.8. The standard InChI is InChI=1S/C16H21FN2O2/c1-16(2,3)19-14(20)9-18-15(21)13-8-12(13)10-4-6-11(17)7-5-10/h4-7,12-13H,8-9H2,1-3H3,(H,18,21)(H,19,20). The molecule has 114 valence electrons. The molecule has 0 heterocycles. The van der Waals surface area contributed by atoms with Crippen LogP contribution in [-0.2, 0) is 9.59 Å². The Kier molecular flexibility index (Phi) is 4.30. The van der Waals surface area contributed by atoms with E-state index in [1.54, 1.807) is 12.1 Å². The van der Waals surface area contributed by atoms with Crippen LogP contribution in [0.4, 0.5) is 4.39 Å². The molecular weight excluding hydrogens is 271 g/mol. The van der Waals surface area contributed by atoms with Crippen molar-refractivity contribution in [2.24, 2.45) is 5.92 Å². The van der Waals surface area contributed by atoms with E-state index in [2.05, 4.69) is 10.6 Å². The Morgan fingerprint density at radius 1 is 1.24 bits per heavy atom. The van der Waals surface area contributed by atoms with E-state index in [0.717, 1.165) is 12.0 Å². The van der Waals surface area contributed by atoms with Crippen LogP contribution in [0.5, 0.6) is 0 Å². The van der Waals surface area contributed by atoms with Gasteiger partial charge in [0.2, 0.25) is 11.8 Å². The molecular formula is C16H21FN2O2.